The van der Waals surface area contributed by atoms with E-state index in [1.807, 2.05) is 32.9 Å². The Morgan fingerprint density at radius 2 is 1.33 bits per heavy atom. The Morgan fingerprint density at radius 1 is 0.857 bits per heavy atom. The molecule has 2 rings (SSSR count). The fourth-order valence-corrected chi connectivity index (χ4v) is 2.87. The number of hydrogen-bond donors (Lipinski definition) is 1. The van der Waals surface area contributed by atoms with Crippen LogP contribution in [0.15, 0.2) is 24.3 Å². The molecule has 2 aromatic carbocycles. The molecular formula is C17H18F3N. The first-order valence-corrected chi connectivity index (χ1v) is 6.74. The van der Waals surface area contributed by atoms with Crippen LogP contribution in [0.2, 0.25) is 0 Å². The van der Waals surface area contributed by atoms with Crippen LogP contribution in [-0.4, -0.2) is 7.05 Å². The molecule has 0 heterocycles. The van der Waals surface area contributed by atoms with Crippen molar-refractivity contribution in [2.45, 2.75) is 26.8 Å². The summed E-state index contributed by atoms with van der Waals surface area (Å²) < 4.78 is 40.1. The predicted molar refractivity (Wildman–Crippen MR) is 77.9 cm³/mol. The molecule has 1 nitrogen and oxygen atoms in total. The number of nitrogens with one attached hydrogen (secondary N) is 1. The second-order valence-electron chi connectivity index (χ2n) is 5.33. The minimum Gasteiger partial charge on any atom is -0.309 e. The van der Waals surface area contributed by atoms with E-state index >= 15 is 0 Å². The van der Waals surface area contributed by atoms with Crippen LogP contribution in [0, 0.1) is 38.2 Å². The summed E-state index contributed by atoms with van der Waals surface area (Å²) in [6.07, 6.45) is 0. The van der Waals surface area contributed by atoms with Crippen LogP contribution in [-0.2, 0) is 0 Å². The summed E-state index contributed by atoms with van der Waals surface area (Å²) in [7, 11) is 1.71. The molecule has 0 fully saturated rings. The second-order valence-corrected chi connectivity index (χ2v) is 5.33. The van der Waals surface area contributed by atoms with Crippen molar-refractivity contribution in [2.24, 2.45) is 0 Å². The third kappa shape index (κ3) is 2.95. The van der Waals surface area contributed by atoms with Gasteiger partial charge < -0.3 is 5.32 Å². The highest BCUT2D eigenvalue weighted by Gasteiger charge is 2.20. The lowest BCUT2D eigenvalue weighted by molar-refractivity contribution is 0.443. The fraction of sp³-hybridized carbons (Fsp3) is 0.294. The minimum absolute atomic E-state index is 0.365. The Hall–Kier alpha value is -1.81. The lowest BCUT2D eigenvalue weighted by Gasteiger charge is -2.22. The van der Waals surface area contributed by atoms with Crippen molar-refractivity contribution >= 4 is 0 Å². The Morgan fingerprint density at radius 3 is 1.76 bits per heavy atom. The minimum atomic E-state index is -1.44. The second kappa shape index (κ2) is 5.90. The molecule has 1 N–H and O–H groups in total. The summed E-state index contributed by atoms with van der Waals surface area (Å²) in [6, 6.07) is 5.72. The third-order valence-corrected chi connectivity index (χ3v) is 3.65. The van der Waals surface area contributed by atoms with Crippen molar-refractivity contribution in [1.82, 2.24) is 5.32 Å². The molecule has 0 aliphatic heterocycles. The van der Waals surface area contributed by atoms with Crippen LogP contribution < -0.4 is 5.32 Å². The zero-order valence-electron chi connectivity index (χ0n) is 12.5. The first-order chi connectivity index (χ1) is 9.85. The van der Waals surface area contributed by atoms with Crippen molar-refractivity contribution in [3.8, 4) is 0 Å². The zero-order chi connectivity index (χ0) is 15.7. The van der Waals surface area contributed by atoms with Gasteiger partial charge in [0.2, 0.25) is 0 Å². The lowest BCUT2D eigenvalue weighted by atomic mass is 9.90. The molecule has 0 amide bonds. The van der Waals surface area contributed by atoms with Crippen molar-refractivity contribution in [3.05, 3.63) is 69.5 Å². The predicted octanol–water partition coefficient (Wildman–Crippen LogP) is 4.34. The molecule has 0 aliphatic carbocycles. The molecule has 0 saturated carbocycles. The van der Waals surface area contributed by atoms with Gasteiger partial charge in [0.15, 0.2) is 17.5 Å². The van der Waals surface area contributed by atoms with E-state index < -0.39 is 23.5 Å². The normalized spacial score (nSPS) is 12.5. The van der Waals surface area contributed by atoms with Crippen molar-refractivity contribution < 1.29 is 13.2 Å². The monoisotopic (exact) mass is 293 g/mol. The summed E-state index contributed by atoms with van der Waals surface area (Å²) in [5.41, 5.74) is 4.49. The summed E-state index contributed by atoms with van der Waals surface area (Å²) >= 11 is 0. The number of halogens is 3. The molecule has 0 aliphatic rings. The molecule has 0 radical (unpaired) electrons. The van der Waals surface area contributed by atoms with Crippen molar-refractivity contribution in [3.63, 3.8) is 0 Å². The molecule has 0 aromatic heterocycles. The van der Waals surface area contributed by atoms with E-state index in [2.05, 4.69) is 5.32 Å². The van der Waals surface area contributed by atoms with Crippen molar-refractivity contribution in [1.29, 1.82) is 0 Å². The Bertz CT molecular complexity index is 634. The van der Waals surface area contributed by atoms with Gasteiger partial charge in [0.25, 0.3) is 0 Å². The van der Waals surface area contributed by atoms with E-state index in [-0.39, 0.29) is 0 Å². The summed E-state index contributed by atoms with van der Waals surface area (Å²) in [6.45, 7) is 5.90. The van der Waals surface area contributed by atoms with Gasteiger partial charge >= 0.3 is 0 Å². The first kappa shape index (κ1) is 15.6. The van der Waals surface area contributed by atoms with Gasteiger partial charge in [0.1, 0.15) is 0 Å². The molecule has 1 atom stereocenters. The highest BCUT2D eigenvalue weighted by molar-refractivity contribution is 5.44. The van der Waals surface area contributed by atoms with Gasteiger partial charge in [-0.2, -0.15) is 0 Å². The SMILES string of the molecule is CNC(c1cc(F)c(F)c(F)c1)c1c(C)cc(C)cc1C. The molecule has 0 spiro atoms. The van der Waals surface area contributed by atoms with Crippen molar-refractivity contribution in [2.75, 3.05) is 7.05 Å². The Kier molecular flexibility index (Phi) is 4.37. The number of hydrogen-bond acceptors (Lipinski definition) is 1. The van der Waals surface area contributed by atoms with E-state index in [0.717, 1.165) is 34.4 Å². The maximum Gasteiger partial charge on any atom is 0.194 e. The van der Waals surface area contributed by atoms with Gasteiger partial charge in [0, 0.05) is 0 Å². The van der Waals surface area contributed by atoms with Gasteiger partial charge in [-0.15, -0.1) is 0 Å². The Labute approximate surface area is 122 Å². The summed E-state index contributed by atoms with van der Waals surface area (Å²) in [4.78, 5) is 0. The molecule has 1 unspecified atom stereocenters. The van der Waals surface area contributed by atoms with Crippen LogP contribution in [0.5, 0.6) is 0 Å². The molecule has 2 aromatic rings. The topological polar surface area (TPSA) is 12.0 Å². The standard InChI is InChI=1S/C17H18F3N/c1-9-5-10(2)15(11(3)6-9)17(21-4)12-7-13(18)16(20)14(19)8-12/h5-8,17,21H,1-4H3. The van der Waals surface area contributed by atoms with Crippen LogP contribution >= 0.6 is 0 Å². The maximum atomic E-state index is 13.5. The largest absolute Gasteiger partial charge is 0.309 e. The molecule has 0 bridgehead atoms. The molecule has 21 heavy (non-hydrogen) atoms. The average Bonchev–Trinajstić information content (AvgIpc) is 2.39. The zero-order valence-corrected chi connectivity index (χ0v) is 12.5. The van der Waals surface area contributed by atoms with Gasteiger partial charge in [-0.05, 0) is 62.2 Å². The number of rotatable bonds is 3. The van der Waals surface area contributed by atoms with E-state index in [4.69, 9.17) is 0 Å². The molecular weight excluding hydrogens is 275 g/mol. The quantitative estimate of drug-likeness (QED) is 0.830. The van der Waals surface area contributed by atoms with Gasteiger partial charge in [-0.3, -0.25) is 0 Å². The highest BCUT2D eigenvalue weighted by Crippen LogP contribution is 2.30. The average molecular weight is 293 g/mol. The van der Waals surface area contributed by atoms with Crippen LogP contribution in [0.3, 0.4) is 0 Å². The summed E-state index contributed by atoms with van der Waals surface area (Å²) in [5.74, 6) is -3.79. The Balaban J connectivity index is 2.60. The van der Waals surface area contributed by atoms with E-state index in [0.29, 0.717) is 5.56 Å². The summed E-state index contributed by atoms with van der Waals surface area (Å²) in [5, 5.41) is 3.05. The van der Waals surface area contributed by atoms with Gasteiger partial charge in [-0.1, -0.05) is 17.7 Å². The van der Waals surface area contributed by atoms with E-state index in [1.54, 1.807) is 7.05 Å². The van der Waals surface area contributed by atoms with Crippen LogP contribution in [0.1, 0.15) is 33.9 Å². The fourth-order valence-electron chi connectivity index (χ4n) is 2.87. The van der Waals surface area contributed by atoms with Gasteiger partial charge in [-0.25, -0.2) is 13.2 Å². The van der Waals surface area contributed by atoms with Gasteiger partial charge in [0.05, 0.1) is 6.04 Å². The number of benzene rings is 2. The van der Waals surface area contributed by atoms with E-state index in [9.17, 15) is 13.2 Å². The lowest BCUT2D eigenvalue weighted by Crippen LogP contribution is -2.20. The molecule has 4 heteroatoms. The third-order valence-electron chi connectivity index (χ3n) is 3.65. The van der Waals surface area contributed by atoms with Crippen LogP contribution in [0.4, 0.5) is 13.2 Å². The number of aryl methyl sites for hydroxylation is 3. The smallest absolute Gasteiger partial charge is 0.194 e. The highest BCUT2D eigenvalue weighted by atomic mass is 19.2. The van der Waals surface area contributed by atoms with Crippen LogP contribution in [0.25, 0.3) is 0 Å². The van der Waals surface area contributed by atoms with E-state index in [1.165, 1.54) is 0 Å². The molecule has 112 valence electrons. The maximum absolute atomic E-state index is 13.5. The first-order valence-electron chi connectivity index (χ1n) is 6.74. The molecule has 0 saturated heterocycles.